The van der Waals surface area contributed by atoms with Crippen LogP contribution < -0.4 is 14.2 Å². The first-order chi connectivity index (χ1) is 14.0. The van der Waals surface area contributed by atoms with Crippen molar-refractivity contribution in [1.82, 2.24) is 4.90 Å². The minimum Gasteiger partial charge on any atom is -0.492 e. The predicted molar refractivity (Wildman–Crippen MR) is 109 cm³/mol. The molecule has 8 heteroatoms. The molecule has 2 aromatic rings. The minimum absolute atomic E-state index is 0.301. The summed E-state index contributed by atoms with van der Waals surface area (Å²) in [6.45, 7) is 2.29. The van der Waals surface area contributed by atoms with Crippen molar-refractivity contribution < 1.29 is 28.5 Å². The van der Waals surface area contributed by atoms with Gasteiger partial charge in [0.2, 0.25) is 0 Å². The first-order valence-electron chi connectivity index (χ1n) is 9.12. The highest BCUT2D eigenvalue weighted by molar-refractivity contribution is 6.30. The Morgan fingerprint density at radius 3 is 2.24 bits per heavy atom. The maximum Gasteiger partial charge on any atom is 0.344 e. The molecule has 156 valence electrons. The lowest BCUT2D eigenvalue weighted by Crippen LogP contribution is -2.34. The lowest BCUT2D eigenvalue weighted by Gasteiger charge is -2.17. The Labute approximate surface area is 175 Å². The fourth-order valence-corrected chi connectivity index (χ4v) is 2.36. The molecule has 0 fully saturated rings. The fourth-order valence-electron chi connectivity index (χ4n) is 2.23. The third kappa shape index (κ3) is 7.91. The largest absolute Gasteiger partial charge is 0.492 e. The van der Waals surface area contributed by atoms with Gasteiger partial charge >= 0.3 is 5.97 Å². The van der Waals surface area contributed by atoms with Crippen LogP contribution in [0.5, 0.6) is 17.2 Å². The molecule has 2 rings (SSSR count). The van der Waals surface area contributed by atoms with Gasteiger partial charge in [-0.3, -0.25) is 4.79 Å². The Morgan fingerprint density at radius 2 is 1.59 bits per heavy atom. The summed E-state index contributed by atoms with van der Waals surface area (Å²) in [6, 6.07) is 14.0. The Kier molecular flexibility index (Phi) is 9.11. The van der Waals surface area contributed by atoms with E-state index >= 15 is 0 Å². The molecule has 0 aliphatic rings. The van der Waals surface area contributed by atoms with Crippen LogP contribution in [0.25, 0.3) is 0 Å². The summed E-state index contributed by atoms with van der Waals surface area (Å²) >= 11 is 5.81. The van der Waals surface area contributed by atoms with Crippen LogP contribution >= 0.6 is 11.6 Å². The SMILES string of the molecule is CCOc1ccccc1OCC(=O)OCC(=O)N(C)CCOc1ccc(Cl)cc1. The van der Waals surface area contributed by atoms with Gasteiger partial charge in [0.15, 0.2) is 24.7 Å². The van der Waals surface area contributed by atoms with E-state index in [4.69, 9.17) is 30.5 Å². The standard InChI is InChI=1S/C21H24ClNO6/c1-3-26-18-6-4-5-7-19(18)28-15-21(25)29-14-20(24)23(2)12-13-27-17-10-8-16(22)9-11-17/h4-11H,3,12-15H2,1-2H3. The number of ether oxygens (including phenoxy) is 4. The molecule has 0 saturated carbocycles. The number of hydrogen-bond donors (Lipinski definition) is 0. The summed E-state index contributed by atoms with van der Waals surface area (Å²) in [5.74, 6) is 0.655. The molecule has 29 heavy (non-hydrogen) atoms. The summed E-state index contributed by atoms with van der Waals surface area (Å²) in [6.07, 6.45) is 0. The van der Waals surface area contributed by atoms with Crippen LogP contribution in [0.3, 0.4) is 0 Å². The van der Waals surface area contributed by atoms with Gasteiger partial charge in [0.25, 0.3) is 5.91 Å². The number of likely N-dealkylation sites (N-methyl/N-ethyl adjacent to an activating group) is 1. The number of nitrogens with zero attached hydrogens (tertiary/aromatic N) is 1. The Morgan fingerprint density at radius 1 is 0.931 bits per heavy atom. The number of halogens is 1. The van der Waals surface area contributed by atoms with E-state index in [2.05, 4.69) is 0 Å². The minimum atomic E-state index is -0.643. The third-order valence-corrected chi connectivity index (χ3v) is 4.04. The summed E-state index contributed by atoms with van der Waals surface area (Å²) in [5, 5.41) is 0.622. The van der Waals surface area contributed by atoms with Crippen molar-refractivity contribution in [3.63, 3.8) is 0 Å². The zero-order chi connectivity index (χ0) is 21.1. The van der Waals surface area contributed by atoms with E-state index < -0.39 is 5.97 Å². The molecule has 7 nitrogen and oxygen atoms in total. The van der Waals surface area contributed by atoms with Gasteiger partial charge in [-0.25, -0.2) is 4.79 Å². The molecule has 0 N–H and O–H groups in total. The second-order valence-corrected chi connectivity index (χ2v) is 6.38. The second-order valence-electron chi connectivity index (χ2n) is 5.95. The molecule has 0 bridgehead atoms. The summed E-state index contributed by atoms with van der Waals surface area (Å²) < 4.78 is 21.3. The summed E-state index contributed by atoms with van der Waals surface area (Å²) in [4.78, 5) is 25.3. The molecule has 0 aromatic heterocycles. The highest BCUT2D eigenvalue weighted by Crippen LogP contribution is 2.26. The Bertz CT molecular complexity index is 796. The highest BCUT2D eigenvalue weighted by Gasteiger charge is 2.13. The topological polar surface area (TPSA) is 74.3 Å². The van der Waals surface area contributed by atoms with Crippen LogP contribution in [0.4, 0.5) is 0 Å². The van der Waals surface area contributed by atoms with Crippen LogP contribution in [-0.2, 0) is 14.3 Å². The van der Waals surface area contributed by atoms with E-state index in [1.54, 1.807) is 55.6 Å². The van der Waals surface area contributed by atoms with Crippen molar-refractivity contribution in [3.05, 3.63) is 53.6 Å². The predicted octanol–water partition coefficient (Wildman–Crippen LogP) is 3.20. The van der Waals surface area contributed by atoms with E-state index in [9.17, 15) is 9.59 Å². The molecule has 0 atom stereocenters. The Hall–Kier alpha value is -2.93. The first kappa shape index (κ1) is 22.4. The average molecular weight is 422 g/mol. The number of benzene rings is 2. The highest BCUT2D eigenvalue weighted by atomic mass is 35.5. The number of hydrogen-bond acceptors (Lipinski definition) is 6. The van der Waals surface area contributed by atoms with Gasteiger partial charge in [0.05, 0.1) is 13.2 Å². The van der Waals surface area contributed by atoms with E-state index in [0.717, 1.165) is 0 Å². The molecule has 0 aliphatic carbocycles. The molecule has 0 unspecified atom stereocenters. The number of rotatable bonds is 11. The van der Waals surface area contributed by atoms with Crippen molar-refractivity contribution in [1.29, 1.82) is 0 Å². The van der Waals surface area contributed by atoms with Gasteiger partial charge in [-0.2, -0.15) is 0 Å². The number of esters is 1. The molecule has 0 saturated heterocycles. The van der Waals surface area contributed by atoms with Gasteiger partial charge in [-0.05, 0) is 43.3 Å². The van der Waals surface area contributed by atoms with Gasteiger partial charge in [0.1, 0.15) is 12.4 Å². The van der Waals surface area contributed by atoms with Crippen LogP contribution in [0, 0.1) is 0 Å². The molecule has 2 aromatic carbocycles. The number of carbonyl (C=O) groups is 2. The first-order valence-corrected chi connectivity index (χ1v) is 9.50. The van der Waals surface area contributed by atoms with Crippen LogP contribution in [0.2, 0.25) is 5.02 Å². The quantitative estimate of drug-likeness (QED) is 0.519. The van der Waals surface area contributed by atoms with E-state index in [1.807, 2.05) is 6.92 Å². The van der Waals surface area contributed by atoms with Crippen LogP contribution in [-0.4, -0.2) is 56.8 Å². The number of carbonyl (C=O) groups excluding carboxylic acids is 2. The molecule has 0 heterocycles. The van der Waals surface area contributed by atoms with E-state index in [-0.39, 0.29) is 19.1 Å². The summed E-state index contributed by atoms with van der Waals surface area (Å²) in [5.41, 5.74) is 0. The molecule has 0 aliphatic heterocycles. The third-order valence-electron chi connectivity index (χ3n) is 3.79. The normalized spacial score (nSPS) is 10.2. The second kappa shape index (κ2) is 11.8. The van der Waals surface area contributed by atoms with Gasteiger partial charge in [-0.1, -0.05) is 23.7 Å². The lowest BCUT2D eigenvalue weighted by molar-refractivity contribution is -0.153. The van der Waals surface area contributed by atoms with E-state index in [0.29, 0.717) is 42.0 Å². The fraction of sp³-hybridized carbons (Fsp3) is 0.333. The lowest BCUT2D eigenvalue weighted by atomic mass is 10.3. The molecular weight excluding hydrogens is 398 g/mol. The molecular formula is C21H24ClNO6. The Balaban J connectivity index is 1.67. The molecule has 0 spiro atoms. The van der Waals surface area contributed by atoms with Crippen molar-refractivity contribution in [3.8, 4) is 17.2 Å². The maximum absolute atomic E-state index is 12.1. The van der Waals surface area contributed by atoms with Crippen LogP contribution in [0.1, 0.15) is 6.92 Å². The van der Waals surface area contributed by atoms with Gasteiger partial charge in [0, 0.05) is 12.1 Å². The molecule has 0 radical (unpaired) electrons. The van der Waals surface area contributed by atoms with Crippen molar-refractivity contribution in [2.75, 3.05) is 40.0 Å². The molecule has 1 amide bonds. The smallest absolute Gasteiger partial charge is 0.344 e. The number of para-hydroxylation sites is 2. The maximum atomic E-state index is 12.1. The van der Waals surface area contributed by atoms with Crippen LogP contribution in [0.15, 0.2) is 48.5 Å². The van der Waals surface area contributed by atoms with Crippen molar-refractivity contribution >= 4 is 23.5 Å². The zero-order valence-corrected chi connectivity index (χ0v) is 17.2. The summed E-state index contributed by atoms with van der Waals surface area (Å²) in [7, 11) is 1.61. The van der Waals surface area contributed by atoms with E-state index in [1.165, 1.54) is 4.90 Å². The number of amides is 1. The average Bonchev–Trinajstić information content (AvgIpc) is 2.73. The van der Waals surface area contributed by atoms with Gasteiger partial charge in [-0.15, -0.1) is 0 Å². The van der Waals surface area contributed by atoms with Crippen molar-refractivity contribution in [2.24, 2.45) is 0 Å². The monoisotopic (exact) mass is 421 g/mol. The zero-order valence-electron chi connectivity index (χ0n) is 16.4. The van der Waals surface area contributed by atoms with Crippen molar-refractivity contribution in [2.45, 2.75) is 6.92 Å². The van der Waals surface area contributed by atoms with Gasteiger partial charge < -0.3 is 23.8 Å².